The molecule has 0 N–H and O–H groups in total. The summed E-state index contributed by atoms with van der Waals surface area (Å²) in [6.45, 7) is 2.55. The van der Waals surface area contributed by atoms with Gasteiger partial charge in [-0.1, -0.05) is 0 Å². The van der Waals surface area contributed by atoms with E-state index in [0.717, 1.165) is 0 Å². The predicted molar refractivity (Wildman–Crippen MR) is 43.9 cm³/mol. The third-order valence-corrected chi connectivity index (χ3v) is 1.94. The minimum absolute atomic E-state index is 0. The standard InChI is InChI=1S/2C3H7O2.Al.Na.2H/c2*1-5-3-2-4;;;;/h2*2-3H2,1H3;;;;/q2*-1;+2;+1;;-1. The summed E-state index contributed by atoms with van der Waals surface area (Å²) in [5.41, 5.74) is 0. The molecule has 0 aliphatic rings. The molecule has 0 rings (SSSR count). The third kappa shape index (κ3) is 13.9. The number of hydrogen-bond donors (Lipinski definition) is 0. The topological polar surface area (TPSA) is 36.9 Å². The van der Waals surface area contributed by atoms with E-state index < -0.39 is 15.9 Å². The molecular weight excluding hydrogens is 186 g/mol. The van der Waals surface area contributed by atoms with Crippen molar-refractivity contribution in [1.82, 2.24) is 0 Å². The Hall–Kier alpha value is 1.37. The maximum Gasteiger partial charge on any atom is 1.00 e. The molecule has 0 unspecified atom stereocenters. The monoisotopic (exact) mass is 202 g/mol. The zero-order chi connectivity index (χ0) is 8.36. The maximum absolute atomic E-state index is 5.16. The van der Waals surface area contributed by atoms with Gasteiger partial charge in [0.05, 0.1) is 13.2 Å². The van der Waals surface area contributed by atoms with Crippen LogP contribution in [0.1, 0.15) is 1.43 Å². The molecule has 0 aromatic carbocycles. The van der Waals surface area contributed by atoms with Crippen molar-refractivity contribution < 1.29 is 48.0 Å². The van der Waals surface area contributed by atoms with Gasteiger partial charge in [-0.25, -0.2) is 0 Å². The zero-order valence-corrected chi connectivity index (χ0v) is 11.6. The molecule has 0 atom stereocenters. The molecule has 0 amide bonds. The second-order valence-corrected chi connectivity index (χ2v) is 2.97. The van der Waals surface area contributed by atoms with Gasteiger partial charge in [-0.05, 0) is 0 Å². The summed E-state index contributed by atoms with van der Waals surface area (Å²) in [6, 6.07) is 0. The molecule has 0 radical (unpaired) electrons. The van der Waals surface area contributed by atoms with Gasteiger partial charge in [-0.15, -0.1) is 0 Å². The van der Waals surface area contributed by atoms with Crippen LogP contribution < -0.4 is 29.6 Å². The normalized spacial score (nSPS) is 9.17. The molecule has 4 nitrogen and oxygen atoms in total. The fourth-order valence-electron chi connectivity index (χ4n) is 0.461. The van der Waals surface area contributed by atoms with Crippen LogP contribution in [0.2, 0.25) is 0 Å². The molecule has 0 aliphatic carbocycles. The Morgan fingerprint density at radius 1 is 0.917 bits per heavy atom. The summed E-state index contributed by atoms with van der Waals surface area (Å²) in [7, 11) is 3.30. The van der Waals surface area contributed by atoms with E-state index in [2.05, 4.69) is 0 Å². The molecule has 12 heavy (non-hydrogen) atoms. The smallest absolute Gasteiger partial charge is 1.00 e. The first kappa shape index (κ1) is 15.8. The molecule has 0 saturated carbocycles. The quantitative estimate of drug-likeness (QED) is 0.305. The summed E-state index contributed by atoms with van der Waals surface area (Å²) in [6.07, 6.45) is 0. The Balaban J connectivity index is -0.000000500. The van der Waals surface area contributed by atoms with Crippen LogP contribution in [-0.2, 0) is 17.1 Å². The second-order valence-electron chi connectivity index (χ2n) is 1.92. The van der Waals surface area contributed by atoms with Crippen molar-refractivity contribution in [1.29, 1.82) is 0 Å². The molecule has 6 heteroatoms. The molecule has 0 spiro atoms. The fourth-order valence-corrected chi connectivity index (χ4v) is 1.05. The van der Waals surface area contributed by atoms with Crippen LogP contribution in [0.5, 0.6) is 0 Å². The van der Waals surface area contributed by atoms with Crippen molar-refractivity contribution in [2.24, 2.45) is 0 Å². The van der Waals surface area contributed by atoms with Gasteiger partial charge >= 0.3 is 45.4 Å². The Kier molecular flexibility index (Phi) is 19.6. The molecule has 0 aromatic heterocycles. The van der Waals surface area contributed by atoms with E-state index >= 15 is 0 Å². The van der Waals surface area contributed by atoms with Crippen molar-refractivity contribution >= 4 is 15.9 Å². The van der Waals surface area contributed by atoms with Crippen LogP contribution in [0.15, 0.2) is 0 Å². The van der Waals surface area contributed by atoms with E-state index in [1.54, 1.807) is 14.2 Å². The SMILES string of the molecule is COCC[O][AlH][O]CCOC.[H-].[Na+]. The number of methoxy groups -OCH3 is 2. The Morgan fingerprint density at radius 3 is 1.67 bits per heavy atom. The maximum atomic E-state index is 5.16. The van der Waals surface area contributed by atoms with Gasteiger partial charge in [0, 0.05) is 27.4 Å². The third-order valence-electron chi connectivity index (χ3n) is 1.03. The van der Waals surface area contributed by atoms with Crippen LogP contribution in [0.4, 0.5) is 0 Å². The largest absolute Gasteiger partial charge is 1.00 e. The van der Waals surface area contributed by atoms with Gasteiger partial charge in [0.1, 0.15) is 0 Å². The zero-order valence-electron chi connectivity index (χ0n) is 9.17. The molecule has 0 heterocycles. The fraction of sp³-hybridized carbons (Fsp3) is 1.00. The average Bonchev–Trinajstić information content (AvgIpc) is 2.03. The van der Waals surface area contributed by atoms with Crippen molar-refractivity contribution in [3.8, 4) is 0 Å². The van der Waals surface area contributed by atoms with E-state index in [1.165, 1.54) is 0 Å². The first-order valence-corrected chi connectivity index (χ1v) is 4.70. The summed E-state index contributed by atoms with van der Waals surface area (Å²) in [5.74, 6) is 0. The number of ether oxygens (including phenoxy) is 2. The number of rotatable bonds is 8. The van der Waals surface area contributed by atoms with Gasteiger partial charge in [0.15, 0.2) is 0 Å². The second kappa shape index (κ2) is 14.9. The Morgan fingerprint density at radius 2 is 1.33 bits per heavy atom. The van der Waals surface area contributed by atoms with Crippen LogP contribution in [0.25, 0.3) is 0 Å². The van der Waals surface area contributed by atoms with Crippen LogP contribution in [0, 0.1) is 0 Å². The van der Waals surface area contributed by atoms with Crippen molar-refractivity contribution in [2.75, 3.05) is 40.6 Å². The Labute approximate surface area is 104 Å². The van der Waals surface area contributed by atoms with E-state index in [1.807, 2.05) is 0 Å². The summed E-state index contributed by atoms with van der Waals surface area (Å²) >= 11 is -0.789. The van der Waals surface area contributed by atoms with Crippen molar-refractivity contribution in [3.63, 3.8) is 0 Å². The molecule has 0 aliphatic heterocycles. The average molecular weight is 202 g/mol. The summed E-state index contributed by atoms with van der Waals surface area (Å²) in [4.78, 5) is 0. The van der Waals surface area contributed by atoms with E-state index in [4.69, 9.17) is 17.1 Å². The molecule has 0 bridgehead atoms. The van der Waals surface area contributed by atoms with Crippen molar-refractivity contribution in [3.05, 3.63) is 0 Å². The van der Waals surface area contributed by atoms with Crippen LogP contribution in [-0.4, -0.2) is 56.5 Å². The van der Waals surface area contributed by atoms with Gasteiger partial charge in [0.2, 0.25) is 0 Å². The van der Waals surface area contributed by atoms with Gasteiger partial charge in [0.25, 0.3) is 0 Å². The van der Waals surface area contributed by atoms with Crippen molar-refractivity contribution in [2.45, 2.75) is 0 Å². The Bertz CT molecular complexity index is 73.7. The minimum Gasteiger partial charge on any atom is -1.00 e. The molecular formula is C6H16AlNaO4. The first-order valence-electron chi connectivity index (χ1n) is 3.55. The van der Waals surface area contributed by atoms with Crippen LogP contribution in [0.3, 0.4) is 0 Å². The predicted octanol–water partition coefficient (Wildman–Crippen LogP) is -3.30. The van der Waals surface area contributed by atoms with Gasteiger partial charge in [-0.2, -0.15) is 0 Å². The summed E-state index contributed by atoms with van der Waals surface area (Å²) in [5, 5.41) is 0. The first-order chi connectivity index (χ1) is 5.41. The van der Waals surface area contributed by atoms with E-state index in [0.29, 0.717) is 26.4 Å². The van der Waals surface area contributed by atoms with Crippen LogP contribution >= 0.6 is 0 Å². The van der Waals surface area contributed by atoms with E-state index in [-0.39, 0.29) is 31.0 Å². The molecule has 0 fully saturated rings. The van der Waals surface area contributed by atoms with E-state index in [9.17, 15) is 0 Å². The van der Waals surface area contributed by atoms with Gasteiger partial charge < -0.3 is 18.5 Å². The van der Waals surface area contributed by atoms with Gasteiger partial charge in [-0.3, -0.25) is 0 Å². The number of hydrogen-bond acceptors (Lipinski definition) is 4. The molecule has 0 aromatic rings. The molecule has 68 valence electrons. The minimum atomic E-state index is -0.789. The molecule has 0 saturated heterocycles. The summed E-state index contributed by atoms with van der Waals surface area (Å²) < 4.78 is 19.9.